The topological polar surface area (TPSA) is 27.7 Å². The van der Waals surface area contributed by atoms with Crippen LogP contribution in [0.25, 0.3) is 0 Å². The van der Waals surface area contributed by atoms with E-state index in [-0.39, 0.29) is 12.1 Å². The van der Waals surface area contributed by atoms with E-state index in [1.807, 2.05) is 6.07 Å². The summed E-state index contributed by atoms with van der Waals surface area (Å²) >= 11 is 0. The molecule has 162 valence electrons. The Kier molecular flexibility index (Phi) is 9.16. The zero-order chi connectivity index (χ0) is 20.5. The lowest BCUT2D eigenvalue weighted by molar-refractivity contribution is -0.229. The zero-order valence-electron chi connectivity index (χ0n) is 17.9. The van der Waals surface area contributed by atoms with Crippen molar-refractivity contribution in [2.45, 2.75) is 77.1 Å². The van der Waals surface area contributed by atoms with Crippen molar-refractivity contribution < 1.29 is 18.6 Å². The minimum Gasteiger partial charge on any atom is -0.373 e. The van der Waals surface area contributed by atoms with Gasteiger partial charge in [-0.15, -0.1) is 6.58 Å². The highest BCUT2D eigenvalue weighted by Gasteiger charge is 2.32. The summed E-state index contributed by atoms with van der Waals surface area (Å²) in [5.41, 5.74) is 1.72. The first-order valence-electron chi connectivity index (χ1n) is 11.4. The molecule has 3 rings (SSSR count). The van der Waals surface area contributed by atoms with E-state index in [0.29, 0.717) is 36.5 Å². The van der Waals surface area contributed by atoms with Crippen LogP contribution in [-0.4, -0.2) is 26.1 Å². The van der Waals surface area contributed by atoms with Crippen molar-refractivity contribution in [3.8, 4) is 0 Å². The average molecular weight is 405 g/mol. The van der Waals surface area contributed by atoms with E-state index in [4.69, 9.17) is 14.2 Å². The van der Waals surface area contributed by atoms with Gasteiger partial charge in [-0.05, 0) is 49.7 Å². The summed E-state index contributed by atoms with van der Waals surface area (Å²) in [4.78, 5) is 0. The van der Waals surface area contributed by atoms with Crippen molar-refractivity contribution in [3.05, 3.63) is 47.8 Å². The lowest BCUT2D eigenvalue weighted by Gasteiger charge is -2.37. The van der Waals surface area contributed by atoms with Crippen LogP contribution in [0.15, 0.2) is 30.9 Å². The third-order valence-electron chi connectivity index (χ3n) is 6.41. The first kappa shape index (κ1) is 22.5. The summed E-state index contributed by atoms with van der Waals surface area (Å²) in [6, 6.07) is 5.63. The largest absolute Gasteiger partial charge is 0.373 e. The molecule has 1 aliphatic carbocycles. The van der Waals surface area contributed by atoms with Crippen LogP contribution < -0.4 is 0 Å². The third-order valence-corrected chi connectivity index (χ3v) is 6.41. The third kappa shape index (κ3) is 6.63. The van der Waals surface area contributed by atoms with Gasteiger partial charge in [-0.3, -0.25) is 0 Å². The summed E-state index contributed by atoms with van der Waals surface area (Å²) in [7, 11) is 0. The van der Waals surface area contributed by atoms with Gasteiger partial charge in [0.25, 0.3) is 0 Å². The van der Waals surface area contributed by atoms with Gasteiger partial charge in [-0.25, -0.2) is 4.39 Å². The number of ether oxygens (including phenoxy) is 3. The van der Waals surface area contributed by atoms with E-state index in [9.17, 15) is 4.39 Å². The molecule has 0 N–H and O–H groups in total. The van der Waals surface area contributed by atoms with Crippen molar-refractivity contribution in [2.75, 3.05) is 19.8 Å². The van der Waals surface area contributed by atoms with Crippen LogP contribution in [0, 0.1) is 17.7 Å². The van der Waals surface area contributed by atoms with E-state index < -0.39 is 0 Å². The van der Waals surface area contributed by atoms with Crippen molar-refractivity contribution in [1.82, 2.24) is 0 Å². The maximum atomic E-state index is 14.4. The minimum absolute atomic E-state index is 0.0421. The van der Waals surface area contributed by atoms with Gasteiger partial charge < -0.3 is 14.2 Å². The molecule has 29 heavy (non-hydrogen) atoms. The Balaban J connectivity index is 1.42. The normalized spacial score (nSPS) is 27.7. The van der Waals surface area contributed by atoms with Crippen LogP contribution in [0.2, 0.25) is 0 Å². The van der Waals surface area contributed by atoms with E-state index in [1.54, 1.807) is 12.1 Å². The molecule has 1 saturated carbocycles. The molecular weight excluding hydrogens is 367 g/mol. The Morgan fingerprint density at radius 3 is 2.55 bits per heavy atom. The van der Waals surface area contributed by atoms with E-state index in [2.05, 4.69) is 19.6 Å². The second-order valence-electron chi connectivity index (χ2n) is 8.66. The zero-order valence-corrected chi connectivity index (χ0v) is 17.9. The Morgan fingerprint density at radius 2 is 1.90 bits per heavy atom. The highest BCUT2D eigenvalue weighted by Crippen LogP contribution is 2.39. The van der Waals surface area contributed by atoms with Crippen LogP contribution in [0.1, 0.15) is 75.3 Å². The molecule has 0 bridgehead atoms. The Labute approximate surface area is 175 Å². The van der Waals surface area contributed by atoms with Crippen molar-refractivity contribution in [1.29, 1.82) is 0 Å². The van der Waals surface area contributed by atoms with Gasteiger partial charge in [-0.2, -0.15) is 0 Å². The van der Waals surface area contributed by atoms with E-state index in [1.165, 1.54) is 25.7 Å². The van der Waals surface area contributed by atoms with E-state index in [0.717, 1.165) is 44.5 Å². The predicted octanol–water partition coefficient (Wildman–Crippen LogP) is 6.37. The van der Waals surface area contributed by atoms with Crippen molar-refractivity contribution in [2.24, 2.45) is 11.8 Å². The molecule has 1 aliphatic heterocycles. The SMILES string of the molecule is C=CCOCc1ccc(C2CCC([C@H]3OC[C@H](CCCCC)CO3)CC2)cc1F. The van der Waals surface area contributed by atoms with Crippen molar-refractivity contribution in [3.63, 3.8) is 0 Å². The predicted molar refractivity (Wildman–Crippen MR) is 114 cm³/mol. The average Bonchev–Trinajstić information content (AvgIpc) is 2.76. The second-order valence-corrected chi connectivity index (χ2v) is 8.66. The smallest absolute Gasteiger partial charge is 0.160 e. The monoisotopic (exact) mass is 404 g/mol. The van der Waals surface area contributed by atoms with E-state index >= 15 is 0 Å². The van der Waals surface area contributed by atoms with Crippen LogP contribution >= 0.6 is 0 Å². The molecule has 1 aromatic carbocycles. The molecule has 1 aromatic rings. The standard InChI is InChI=1S/C25H37FO3/c1-3-5-6-7-19-16-28-25(29-17-19)21-10-8-20(9-11-21)22-12-13-23(24(26)15-22)18-27-14-4-2/h4,12-13,15,19-21,25H,2-3,5-11,14,16-18H2,1H3/t19-,20?,21?,25-. The molecule has 4 heteroatoms. The molecule has 0 radical (unpaired) electrons. The molecule has 0 aromatic heterocycles. The molecule has 1 heterocycles. The maximum Gasteiger partial charge on any atom is 0.160 e. The molecule has 3 nitrogen and oxygen atoms in total. The summed E-state index contributed by atoms with van der Waals surface area (Å²) in [6.45, 7) is 8.27. The Morgan fingerprint density at radius 1 is 1.14 bits per heavy atom. The van der Waals surface area contributed by atoms with Crippen LogP contribution in [0.3, 0.4) is 0 Å². The fourth-order valence-electron chi connectivity index (χ4n) is 4.59. The fourth-order valence-corrected chi connectivity index (χ4v) is 4.59. The summed E-state index contributed by atoms with van der Waals surface area (Å²) in [5, 5.41) is 0. The number of hydrogen-bond acceptors (Lipinski definition) is 3. The molecule has 0 unspecified atom stereocenters. The molecule has 1 saturated heterocycles. The van der Waals surface area contributed by atoms with Gasteiger partial charge in [0, 0.05) is 17.4 Å². The van der Waals surface area contributed by atoms with Crippen LogP contribution in [0.5, 0.6) is 0 Å². The highest BCUT2D eigenvalue weighted by molar-refractivity contribution is 5.27. The fraction of sp³-hybridized carbons (Fsp3) is 0.680. The molecule has 0 atom stereocenters. The number of rotatable bonds is 10. The summed E-state index contributed by atoms with van der Waals surface area (Å²) in [6.07, 6.45) is 11.0. The van der Waals surface area contributed by atoms with Gasteiger partial charge in [0.05, 0.1) is 26.4 Å². The highest BCUT2D eigenvalue weighted by atomic mass is 19.1. The molecule has 2 aliphatic rings. The van der Waals surface area contributed by atoms with Gasteiger partial charge in [0.2, 0.25) is 0 Å². The number of halogens is 1. The van der Waals surface area contributed by atoms with Gasteiger partial charge in [-0.1, -0.05) is 44.4 Å². The maximum absolute atomic E-state index is 14.4. The van der Waals surface area contributed by atoms with Gasteiger partial charge in [0.15, 0.2) is 6.29 Å². The van der Waals surface area contributed by atoms with Gasteiger partial charge in [0.1, 0.15) is 5.82 Å². The Bertz CT molecular complexity index is 616. The second kappa shape index (κ2) is 11.8. The van der Waals surface area contributed by atoms with Gasteiger partial charge >= 0.3 is 0 Å². The summed E-state index contributed by atoms with van der Waals surface area (Å²) < 4.78 is 31.9. The first-order valence-corrected chi connectivity index (χ1v) is 11.4. The summed E-state index contributed by atoms with van der Waals surface area (Å²) in [5.74, 6) is 1.29. The number of hydrogen-bond donors (Lipinski definition) is 0. The molecule has 0 spiro atoms. The minimum atomic E-state index is -0.165. The lowest BCUT2D eigenvalue weighted by Crippen LogP contribution is -2.38. The quantitative estimate of drug-likeness (QED) is 0.335. The first-order chi connectivity index (χ1) is 14.2. The van der Waals surface area contributed by atoms with Crippen molar-refractivity contribution >= 4 is 0 Å². The lowest BCUT2D eigenvalue weighted by atomic mass is 9.78. The molecule has 0 amide bonds. The molecular formula is C25H37FO3. The Hall–Kier alpha value is -1.23. The number of unbranched alkanes of at least 4 members (excludes halogenated alkanes) is 2. The van der Waals surface area contributed by atoms with Crippen LogP contribution in [-0.2, 0) is 20.8 Å². The molecule has 2 fully saturated rings. The van der Waals surface area contributed by atoms with Crippen LogP contribution in [0.4, 0.5) is 4.39 Å². The number of benzene rings is 1.